The molecule has 0 aromatic rings. The smallest absolute Gasteiger partial charge is 0.0817 e. The highest BCUT2D eigenvalue weighted by molar-refractivity contribution is 7.99. The monoisotopic (exact) mass is 281 g/mol. The Morgan fingerprint density at radius 1 is 1.47 bits per heavy atom. The number of thioether (sulfide) groups is 1. The van der Waals surface area contributed by atoms with Crippen molar-refractivity contribution in [2.24, 2.45) is 0 Å². The SMILES string of the molecule is CC(CC1CCCCN1)=C1CCOC2(CCSC2)C1. The summed E-state index contributed by atoms with van der Waals surface area (Å²) in [6.07, 6.45) is 9.03. The lowest BCUT2D eigenvalue weighted by atomic mass is 9.85. The fourth-order valence-electron chi connectivity index (χ4n) is 3.74. The third-order valence-electron chi connectivity index (χ3n) is 4.98. The molecule has 108 valence electrons. The van der Waals surface area contributed by atoms with Crippen molar-refractivity contribution in [2.75, 3.05) is 24.7 Å². The van der Waals surface area contributed by atoms with E-state index in [0.29, 0.717) is 0 Å². The number of hydrogen-bond acceptors (Lipinski definition) is 3. The molecule has 0 radical (unpaired) electrons. The molecule has 0 aromatic carbocycles. The zero-order chi connectivity index (χ0) is 13.1. The highest BCUT2D eigenvalue weighted by Crippen LogP contribution is 2.41. The number of hydrogen-bond donors (Lipinski definition) is 1. The Morgan fingerprint density at radius 2 is 2.42 bits per heavy atom. The molecule has 3 heterocycles. The minimum absolute atomic E-state index is 0.208. The normalized spacial score (nSPS) is 38.7. The van der Waals surface area contributed by atoms with Crippen LogP contribution in [0.1, 0.15) is 51.9 Å². The molecule has 1 spiro atoms. The van der Waals surface area contributed by atoms with Crippen LogP contribution in [0.25, 0.3) is 0 Å². The average Bonchev–Trinajstić information content (AvgIpc) is 2.88. The maximum atomic E-state index is 6.13. The fraction of sp³-hybridized carbons (Fsp3) is 0.875. The summed E-state index contributed by atoms with van der Waals surface area (Å²) in [5, 5.41) is 3.68. The van der Waals surface area contributed by atoms with Crippen LogP contribution >= 0.6 is 11.8 Å². The molecule has 0 aromatic heterocycles. The molecule has 1 N–H and O–H groups in total. The summed E-state index contributed by atoms with van der Waals surface area (Å²) < 4.78 is 6.13. The van der Waals surface area contributed by atoms with Crippen molar-refractivity contribution in [2.45, 2.75) is 63.5 Å². The van der Waals surface area contributed by atoms with Crippen LogP contribution in [0.3, 0.4) is 0 Å². The van der Waals surface area contributed by atoms with E-state index in [1.165, 1.54) is 63.0 Å². The lowest BCUT2D eigenvalue weighted by Crippen LogP contribution is -2.38. The summed E-state index contributed by atoms with van der Waals surface area (Å²) in [5.41, 5.74) is 3.57. The van der Waals surface area contributed by atoms with Crippen LogP contribution in [0.4, 0.5) is 0 Å². The van der Waals surface area contributed by atoms with Crippen molar-refractivity contribution in [1.82, 2.24) is 5.32 Å². The fourth-order valence-corrected chi connectivity index (χ4v) is 5.10. The summed E-state index contributed by atoms with van der Waals surface area (Å²) in [4.78, 5) is 0. The van der Waals surface area contributed by atoms with Gasteiger partial charge in [0.05, 0.1) is 12.2 Å². The molecule has 0 aliphatic carbocycles. The zero-order valence-electron chi connectivity index (χ0n) is 12.2. The molecule has 3 aliphatic heterocycles. The maximum absolute atomic E-state index is 6.13. The molecule has 0 bridgehead atoms. The van der Waals surface area contributed by atoms with Crippen molar-refractivity contribution < 1.29 is 4.74 Å². The first-order valence-electron chi connectivity index (χ1n) is 7.90. The topological polar surface area (TPSA) is 21.3 Å². The Kier molecular flexibility index (Phi) is 4.55. The Labute approximate surface area is 121 Å². The van der Waals surface area contributed by atoms with Crippen LogP contribution in [0, 0.1) is 0 Å². The first-order chi connectivity index (χ1) is 9.27. The standard InChI is InChI=1S/C16H27NOS/c1-13(10-15-4-2-3-7-17-15)14-5-8-18-16(11-14)6-9-19-12-16/h15,17H,2-12H2,1H3. The van der Waals surface area contributed by atoms with Gasteiger partial charge in [0.25, 0.3) is 0 Å². The molecular weight excluding hydrogens is 254 g/mol. The third-order valence-corrected chi connectivity index (χ3v) is 6.21. The largest absolute Gasteiger partial charge is 0.373 e. The summed E-state index contributed by atoms with van der Waals surface area (Å²) in [6.45, 7) is 4.54. The second-order valence-electron chi connectivity index (χ2n) is 6.50. The number of ether oxygens (including phenoxy) is 1. The average molecular weight is 281 g/mol. The van der Waals surface area contributed by atoms with Crippen molar-refractivity contribution in [3.8, 4) is 0 Å². The predicted octanol–water partition coefficient (Wildman–Crippen LogP) is 3.52. The highest BCUT2D eigenvalue weighted by atomic mass is 32.2. The second kappa shape index (κ2) is 6.19. The van der Waals surface area contributed by atoms with Gasteiger partial charge in [0.15, 0.2) is 0 Å². The minimum Gasteiger partial charge on any atom is -0.373 e. The zero-order valence-corrected chi connectivity index (χ0v) is 13.0. The Morgan fingerprint density at radius 3 is 3.16 bits per heavy atom. The van der Waals surface area contributed by atoms with Gasteiger partial charge in [0.2, 0.25) is 0 Å². The van der Waals surface area contributed by atoms with E-state index in [1.807, 2.05) is 0 Å². The van der Waals surface area contributed by atoms with Gasteiger partial charge in [0.1, 0.15) is 0 Å². The molecule has 3 saturated heterocycles. The number of rotatable bonds is 2. The van der Waals surface area contributed by atoms with Gasteiger partial charge < -0.3 is 10.1 Å². The molecule has 2 unspecified atom stereocenters. The molecule has 2 nitrogen and oxygen atoms in total. The summed E-state index contributed by atoms with van der Waals surface area (Å²) in [7, 11) is 0. The van der Waals surface area contributed by atoms with Crippen molar-refractivity contribution in [3.05, 3.63) is 11.1 Å². The van der Waals surface area contributed by atoms with Gasteiger partial charge in [0, 0.05) is 11.8 Å². The Balaban J connectivity index is 1.63. The number of piperidine rings is 1. The lowest BCUT2D eigenvalue weighted by molar-refractivity contribution is -0.0417. The van der Waals surface area contributed by atoms with Crippen LogP contribution in [0.5, 0.6) is 0 Å². The van der Waals surface area contributed by atoms with Crippen LogP contribution in [0.15, 0.2) is 11.1 Å². The van der Waals surface area contributed by atoms with E-state index < -0.39 is 0 Å². The van der Waals surface area contributed by atoms with E-state index in [0.717, 1.165) is 12.6 Å². The maximum Gasteiger partial charge on any atom is 0.0817 e. The third kappa shape index (κ3) is 3.37. The van der Waals surface area contributed by atoms with Crippen LogP contribution in [0.2, 0.25) is 0 Å². The molecular formula is C16H27NOS. The first-order valence-corrected chi connectivity index (χ1v) is 9.05. The van der Waals surface area contributed by atoms with E-state index >= 15 is 0 Å². The van der Waals surface area contributed by atoms with Gasteiger partial charge >= 0.3 is 0 Å². The number of nitrogens with one attached hydrogen (secondary N) is 1. The van der Waals surface area contributed by atoms with Gasteiger partial charge in [-0.05, 0) is 57.7 Å². The molecule has 3 fully saturated rings. The highest BCUT2D eigenvalue weighted by Gasteiger charge is 2.38. The van der Waals surface area contributed by atoms with Crippen LogP contribution in [-0.2, 0) is 4.74 Å². The Bertz CT molecular complexity index is 341. The molecule has 3 heteroatoms. The summed E-state index contributed by atoms with van der Waals surface area (Å²) >= 11 is 2.07. The Hall–Kier alpha value is 0.01000. The predicted molar refractivity (Wildman–Crippen MR) is 82.8 cm³/mol. The molecule has 3 rings (SSSR count). The van der Waals surface area contributed by atoms with Crippen LogP contribution in [-0.4, -0.2) is 36.3 Å². The van der Waals surface area contributed by atoms with Crippen molar-refractivity contribution in [1.29, 1.82) is 0 Å². The first kappa shape index (κ1) is 14.0. The van der Waals surface area contributed by atoms with Gasteiger partial charge in [-0.15, -0.1) is 0 Å². The van der Waals surface area contributed by atoms with Gasteiger partial charge in [-0.3, -0.25) is 0 Å². The van der Waals surface area contributed by atoms with Crippen molar-refractivity contribution >= 4 is 11.8 Å². The van der Waals surface area contributed by atoms with Crippen LogP contribution < -0.4 is 5.32 Å². The summed E-state index contributed by atoms with van der Waals surface area (Å²) in [5.74, 6) is 2.50. The molecule has 2 atom stereocenters. The second-order valence-corrected chi connectivity index (χ2v) is 7.60. The van der Waals surface area contributed by atoms with E-state index in [9.17, 15) is 0 Å². The van der Waals surface area contributed by atoms with Crippen molar-refractivity contribution in [3.63, 3.8) is 0 Å². The van der Waals surface area contributed by atoms with Gasteiger partial charge in [-0.2, -0.15) is 11.8 Å². The summed E-state index contributed by atoms with van der Waals surface area (Å²) in [6, 6.07) is 0.734. The lowest BCUT2D eigenvalue weighted by Gasteiger charge is -2.36. The van der Waals surface area contributed by atoms with E-state index in [1.54, 1.807) is 11.1 Å². The minimum atomic E-state index is 0.208. The molecule has 3 aliphatic rings. The molecule has 0 amide bonds. The van der Waals surface area contributed by atoms with E-state index in [2.05, 4.69) is 24.0 Å². The van der Waals surface area contributed by atoms with Gasteiger partial charge in [-0.25, -0.2) is 0 Å². The van der Waals surface area contributed by atoms with E-state index in [4.69, 9.17) is 4.74 Å². The quantitative estimate of drug-likeness (QED) is 0.783. The van der Waals surface area contributed by atoms with E-state index in [-0.39, 0.29) is 5.60 Å². The molecule has 19 heavy (non-hydrogen) atoms. The van der Waals surface area contributed by atoms with Gasteiger partial charge in [-0.1, -0.05) is 17.6 Å². The molecule has 0 saturated carbocycles.